The summed E-state index contributed by atoms with van der Waals surface area (Å²) in [7, 11) is 0. The molecule has 5 heteroatoms. The quantitative estimate of drug-likeness (QED) is 0.739. The molecule has 0 aromatic carbocycles. The van der Waals surface area contributed by atoms with Crippen molar-refractivity contribution in [1.29, 1.82) is 0 Å². The lowest BCUT2D eigenvalue weighted by Crippen LogP contribution is -1.99. The molecule has 0 amide bonds. The van der Waals surface area contributed by atoms with E-state index in [1.165, 1.54) is 0 Å². The third-order valence-electron chi connectivity index (χ3n) is 1.75. The van der Waals surface area contributed by atoms with Crippen molar-refractivity contribution in [2.75, 3.05) is 0 Å². The second kappa shape index (κ2) is 3.98. The fourth-order valence-corrected chi connectivity index (χ4v) is 1.53. The minimum Gasteiger partial charge on any atom is -0.235 e. The van der Waals surface area contributed by atoms with E-state index in [1.54, 1.807) is 29.3 Å². The van der Waals surface area contributed by atoms with Crippen molar-refractivity contribution in [3.05, 3.63) is 41.3 Å². The lowest BCUT2D eigenvalue weighted by molar-refractivity contribution is 0.845. The normalized spacial score (nSPS) is 10.4. The predicted octanol–water partition coefficient (Wildman–Crippen LogP) is 2.66. The molecule has 2 aromatic rings. The number of nitrogens with zero attached hydrogens (tertiary/aromatic N) is 3. The van der Waals surface area contributed by atoms with E-state index in [2.05, 4.69) is 10.1 Å². The van der Waals surface area contributed by atoms with Gasteiger partial charge in [-0.2, -0.15) is 5.10 Å². The van der Waals surface area contributed by atoms with E-state index in [-0.39, 0.29) is 0 Å². The standard InChI is InChI=1S/C9H7Cl2N3/c10-5-7-4-8(11)9(12-6-7)14-3-1-2-13-14/h1-4,6H,5H2. The van der Waals surface area contributed by atoms with Gasteiger partial charge in [-0.1, -0.05) is 11.6 Å². The van der Waals surface area contributed by atoms with E-state index in [0.29, 0.717) is 16.7 Å². The highest BCUT2D eigenvalue weighted by molar-refractivity contribution is 6.32. The van der Waals surface area contributed by atoms with E-state index in [0.717, 1.165) is 5.56 Å². The van der Waals surface area contributed by atoms with Gasteiger partial charge in [0.25, 0.3) is 0 Å². The van der Waals surface area contributed by atoms with Gasteiger partial charge in [0.05, 0.1) is 5.02 Å². The highest BCUT2D eigenvalue weighted by atomic mass is 35.5. The topological polar surface area (TPSA) is 30.7 Å². The fraction of sp³-hybridized carbons (Fsp3) is 0.111. The van der Waals surface area contributed by atoms with Crippen molar-refractivity contribution in [1.82, 2.24) is 14.8 Å². The van der Waals surface area contributed by atoms with E-state index in [1.807, 2.05) is 6.07 Å². The van der Waals surface area contributed by atoms with Crippen LogP contribution in [0.2, 0.25) is 5.02 Å². The average molecular weight is 228 g/mol. The third-order valence-corrected chi connectivity index (χ3v) is 2.34. The summed E-state index contributed by atoms with van der Waals surface area (Å²) < 4.78 is 1.61. The number of hydrogen-bond donors (Lipinski definition) is 0. The van der Waals surface area contributed by atoms with Crippen molar-refractivity contribution in [3.8, 4) is 5.82 Å². The molecular weight excluding hydrogens is 221 g/mol. The molecule has 0 saturated carbocycles. The van der Waals surface area contributed by atoms with Crippen molar-refractivity contribution in [2.45, 2.75) is 5.88 Å². The van der Waals surface area contributed by atoms with E-state index in [4.69, 9.17) is 23.2 Å². The second-order valence-corrected chi connectivity index (χ2v) is 3.41. The summed E-state index contributed by atoms with van der Waals surface area (Å²) in [5.41, 5.74) is 0.896. The molecule has 14 heavy (non-hydrogen) atoms. The van der Waals surface area contributed by atoms with Crippen LogP contribution in [0.4, 0.5) is 0 Å². The number of halogens is 2. The van der Waals surface area contributed by atoms with Crippen LogP contribution < -0.4 is 0 Å². The first-order valence-electron chi connectivity index (χ1n) is 4.01. The molecule has 0 radical (unpaired) electrons. The molecule has 0 fully saturated rings. The van der Waals surface area contributed by atoms with Crippen molar-refractivity contribution >= 4 is 23.2 Å². The second-order valence-electron chi connectivity index (χ2n) is 2.73. The van der Waals surface area contributed by atoms with Gasteiger partial charge in [-0.3, -0.25) is 0 Å². The molecule has 0 aliphatic carbocycles. The van der Waals surface area contributed by atoms with Crippen LogP contribution in [0.15, 0.2) is 30.7 Å². The molecule has 0 spiro atoms. The monoisotopic (exact) mass is 227 g/mol. The molecule has 0 saturated heterocycles. The van der Waals surface area contributed by atoms with Crippen LogP contribution in [0.5, 0.6) is 0 Å². The van der Waals surface area contributed by atoms with Crippen LogP contribution in [0.25, 0.3) is 5.82 Å². The summed E-state index contributed by atoms with van der Waals surface area (Å²) in [5.74, 6) is 1.03. The maximum absolute atomic E-state index is 6.02. The molecule has 72 valence electrons. The Morgan fingerprint density at radius 1 is 1.43 bits per heavy atom. The Morgan fingerprint density at radius 3 is 2.86 bits per heavy atom. The zero-order valence-corrected chi connectivity index (χ0v) is 8.70. The Bertz CT molecular complexity index is 426. The molecule has 2 aromatic heterocycles. The lowest BCUT2D eigenvalue weighted by atomic mass is 10.3. The van der Waals surface area contributed by atoms with Crippen molar-refractivity contribution in [3.63, 3.8) is 0 Å². The fourth-order valence-electron chi connectivity index (χ4n) is 1.11. The van der Waals surface area contributed by atoms with Crippen LogP contribution in [0.3, 0.4) is 0 Å². The molecule has 0 N–H and O–H groups in total. The van der Waals surface area contributed by atoms with Gasteiger partial charge in [0, 0.05) is 24.5 Å². The zero-order chi connectivity index (χ0) is 9.97. The smallest absolute Gasteiger partial charge is 0.172 e. The summed E-state index contributed by atoms with van der Waals surface area (Å²) in [6.07, 6.45) is 5.15. The van der Waals surface area contributed by atoms with Crippen LogP contribution >= 0.6 is 23.2 Å². The summed E-state index contributed by atoms with van der Waals surface area (Å²) in [4.78, 5) is 4.18. The van der Waals surface area contributed by atoms with Gasteiger partial charge in [-0.25, -0.2) is 9.67 Å². The van der Waals surface area contributed by atoms with Gasteiger partial charge >= 0.3 is 0 Å². The van der Waals surface area contributed by atoms with Gasteiger partial charge in [-0.15, -0.1) is 11.6 Å². The van der Waals surface area contributed by atoms with Gasteiger partial charge < -0.3 is 0 Å². The zero-order valence-electron chi connectivity index (χ0n) is 7.19. The largest absolute Gasteiger partial charge is 0.235 e. The van der Waals surface area contributed by atoms with E-state index >= 15 is 0 Å². The first kappa shape index (κ1) is 9.49. The molecule has 0 atom stereocenters. The Labute approximate surface area is 91.3 Å². The molecular formula is C9H7Cl2N3. The number of pyridine rings is 1. The van der Waals surface area contributed by atoms with Crippen LogP contribution in [0, 0.1) is 0 Å². The van der Waals surface area contributed by atoms with Crippen molar-refractivity contribution < 1.29 is 0 Å². The molecule has 0 bridgehead atoms. The molecule has 2 rings (SSSR count). The summed E-state index contributed by atoms with van der Waals surface area (Å²) >= 11 is 11.7. The molecule has 0 unspecified atom stereocenters. The first-order chi connectivity index (χ1) is 6.81. The summed E-state index contributed by atoms with van der Waals surface area (Å²) in [6.45, 7) is 0. The Hall–Kier alpha value is -1.06. The van der Waals surface area contributed by atoms with Crippen molar-refractivity contribution in [2.24, 2.45) is 0 Å². The average Bonchev–Trinajstić information content (AvgIpc) is 2.70. The Balaban J connectivity index is 2.46. The summed E-state index contributed by atoms with van der Waals surface area (Å²) in [6, 6.07) is 3.60. The Kier molecular flexibility index (Phi) is 2.70. The van der Waals surface area contributed by atoms with Crippen LogP contribution in [0.1, 0.15) is 5.56 Å². The molecule has 0 aliphatic heterocycles. The minimum atomic E-state index is 0.409. The Morgan fingerprint density at radius 2 is 2.29 bits per heavy atom. The first-order valence-corrected chi connectivity index (χ1v) is 4.93. The third kappa shape index (κ3) is 1.74. The lowest BCUT2D eigenvalue weighted by Gasteiger charge is -2.03. The highest BCUT2D eigenvalue weighted by Crippen LogP contribution is 2.19. The van der Waals surface area contributed by atoms with Gasteiger partial charge in [-0.05, 0) is 17.7 Å². The number of rotatable bonds is 2. The SMILES string of the molecule is ClCc1cnc(-n2cccn2)c(Cl)c1. The van der Waals surface area contributed by atoms with Gasteiger partial charge in [0.15, 0.2) is 5.82 Å². The number of hydrogen-bond acceptors (Lipinski definition) is 2. The maximum Gasteiger partial charge on any atom is 0.172 e. The highest BCUT2D eigenvalue weighted by Gasteiger charge is 2.04. The molecule has 2 heterocycles. The molecule has 0 aliphatic rings. The number of aromatic nitrogens is 3. The number of alkyl halides is 1. The van der Waals surface area contributed by atoms with Crippen LogP contribution in [-0.4, -0.2) is 14.8 Å². The maximum atomic E-state index is 6.02. The van der Waals surface area contributed by atoms with Gasteiger partial charge in [0.1, 0.15) is 0 Å². The predicted molar refractivity (Wildman–Crippen MR) is 55.9 cm³/mol. The van der Waals surface area contributed by atoms with Gasteiger partial charge in [0.2, 0.25) is 0 Å². The van der Waals surface area contributed by atoms with E-state index < -0.39 is 0 Å². The molecule has 3 nitrogen and oxygen atoms in total. The van der Waals surface area contributed by atoms with E-state index in [9.17, 15) is 0 Å². The minimum absolute atomic E-state index is 0.409. The van der Waals surface area contributed by atoms with Crippen LogP contribution in [-0.2, 0) is 5.88 Å². The summed E-state index contributed by atoms with van der Waals surface area (Å²) in [5, 5.41) is 4.59.